The second kappa shape index (κ2) is 9.95. The minimum atomic E-state index is -0.219. The van der Waals surface area contributed by atoms with E-state index >= 15 is 0 Å². The summed E-state index contributed by atoms with van der Waals surface area (Å²) >= 11 is 0. The van der Waals surface area contributed by atoms with Gasteiger partial charge in [-0.3, -0.25) is 0 Å². The molecule has 2 aromatic heterocycles. The van der Waals surface area contributed by atoms with Crippen LogP contribution in [0.2, 0.25) is 0 Å². The molecule has 37 heavy (non-hydrogen) atoms. The molecule has 0 radical (unpaired) electrons. The van der Waals surface area contributed by atoms with Gasteiger partial charge in [-0.05, 0) is 56.3 Å². The maximum atomic E-state index is 14.4. The summed E-state index contributed by atoms with van der Waals surface area (Å²) in [6, 6.07) is 9.69. The fourth-order valence-corrected chi connectivity index (χ4v) is 5.90. The van der Waals surface area contributed by atoms with Gasteiger partial charge in [0.15, 0.2) is 5.65 Å². The summed E-state index contributed by atoms with van der Waals surface area (Å²) in [5.74, 6) is 1.75. The van der Waals surface area contributed by atoms with E-state index in [0.29, 0.717) is 0 Å². The number of hydrogen-bond donors (Lipinski definition) is 2. The Morgan fingerprint density at radius 2 is 1.95 bits per heavy atom. The fourth-order valence-electron chi connectivity index (χ4n) is 5.90. The second-order valence-corrected chi connectivity index (χ2v) is 10.7. The molecule has 3 aromatic rings. The fraction of sp³-hybridized carbons (Fsp3) is 0.500. The number of anilines is 2. The predicted molar refractivity (Wildman–Crippen MR) is 146 cm³/mol. The van der Waals surface area contributed by atoms with Crippen molar-refractivity contribution in [3.63, 3.8) is 0 Å². The molecule has 3 aliphatic rings. The van der Waals surface area contributed by atoms with Crippen LogP contribution in [0.25, 0.3) is 11.3 Å². The van der Waals surface area contributed by atoms with Crippen LogP contribution in [0.5, 0.6) is 0 Å². The van der Waals surface area contributed by atoms with Crippen molar-refractivity contribution in [2.24, 2.45) is 5.73 Å². The van der Waals surface area contributed by atoms with E-state index in [1.807, 2.05) is 10.6 Å². The van der Waals surface area contributed by atoms with Gasteiger partial charge >= 0.3 is 0 Å². The van der Waals surface area contributed by atoms with Crippen molar-refractivity contribution < 1.29 is 4.39 Å². The molecular weight excluding hydrogens is 467 g/mol. The number of piperidine rings is 1. The molecule has 2 saturated heterocycles. The quantitative estimate of drug-likeness (QED) is 0.527. The lowest BCUT2D eigenvalue weighted by atomic mass is 9.94. The second-order valence-electron chi connectivity index (χ2n) is 10.7. The normalized spacial score (nSPS) is 21.8. The van der Waals surface area contributed by atoms with E-state index in [9.17, 15) is 4.39 Å². The summed E-state index contributed by atoms with van der Waals surface area (Å²) in [5.41, 5.74) is 10.9. The van der Waals surface area contributed by atoms with Gasteiger partial charge in [0.25, 0.3) is 0 Å². The number of hydrogen-bond acceptors (Lipinski definition) is 7. The molecule has 2 fully saturated rings. The molecule has 3 aliphatic heterocycles. The molecular formula is C28H37FN8. The number of halogens is 1. The van der Waals surface area contributed by atoms with Crippen molar-refractivity contribution in [3.8, 4) is 0 Å². The maximum Gasteiger partial charge on any atom is 0.160 e. The average molecular weight is 505 g/mol. The van der Waals surface area contributed by atoms with E-state index in [-0.39, 0.29) is 17.9 Å². The monoisotopic (exact) mass is 504 g/mol. The number of rotatable bonds is 1. The minimum absolute atomic E-state index is 0.0766. The molecule has 1 unspecified atom stereocenters. The van der Waals surface area contributed by atoms with E-state index in [0.717, 1.165) is 111 Å². The van der Waals surface area contributed by atoms with Crippen LogP contribution in [0, 0.1) is 5.82 Å². The average Bonchev–Trinajstić information content (AvgIpc) is 3.32. The van der Waals surface area contributed by atoms with Crippen molar-refractivity contribution in [1.82, 2.24) is 24.8 Å². The Labute approximate surface area is 217 Å². The first-order valence-corrected chi connectivity index (χ1v) is 13.6. The third-order valence-corrected chi connectivity index (χ3v) is 8.04. The van der Waals surface area contributed by atoms with Crippen molar-refractivity contribution in [1.29, 1.82) is 0 Å². The van der Waals surface area contributed by atoms with E-state index < -0.39 is 0 Å². The molecule has 8 nitrogen and oxygen atoms in total. The number of aryl methyl sites for hydroxylation is 1. The van der Waals surface area contributed by atoms with Crippen LogP contribution < -0.4 is 20.9 Å². The first-order chi connectivity index (χ1) is 18.0. The van der Waals surface area contributed by atoms with Gasteiger partial charge in [-0.1, -0.05) is 12.6 Å². The minimum Gasteiger partial charge on any atom is -0.363 e. The molecule has 9 heteroatoms. The molecule has 0 amide bonds. The van der Waals surface area contributed by atoms with Crippen LogP contribution in [0.4, 0.5) is 16.0 Å². The Kier molecular flexibility index (Phi) is 6.50. The highest BCUT2D eigenvalue weighted by atomic mass is 19.1. The summed E-state index contributed by atoms with van der Waals surface area (Å²) in [4.78, 5) is 11.8. The highest BCUT2D eigenvalue weighted by Crippen LogP contribution is 2.38. The third-order valence-electron chi connectivity index (χ3n) is 8.04. The topological polar surface area (TPSA) is 78.0 Å². The van der Waals surface area contributed by atoms with Gasteiger partial charge in [0.1, 0.15) is 17.5 Å². The Balaban J connectivity index is 1.44. The highest BCUT2D eigenvalue weighted by molar-refractivity contribution is 5.66. The Bertz CT molecular complexity index is 1300. The first-order valence-electron chi connectivity index (χ1n) is 13.6. The standard InChI is InChI=1S/C28H37FN8/c1-19-23-14-21(29)9-8-20(23)6-5-10-31-11-13-34(2)28-16-26(35-17-22(30)18-35)32-27-15-24(33-37(27)28)25-7-3-4-12-36(19)25/h8-9,14-16,22,25,31H,1,3-7,10-13,17-18,30H2,2H3. The van der Waals surface area contributed by atoms with E-state index in [1.165, 1.54) is 0 Å². The van der Waals surface area contributed by atoms with Crippen molar-refractivity contribution in [3.05, 3.63) is 59.5 Å². The maximum absolute atomic E-state index is 14.4. The predicted octanol–water partition coefficient (Wildman–Crippen LogP) is 3.19. The van der Waals surface area contributed by atoms with Gasteiger partial charge in [0.2, 0.25) is 0 Å². The Morgan fingerprint density at radius 3 is 2.78 bits per heavy atom. The van der Waals surface area contributed by atoms with Crippen LogP contribution in [-0.2, 0) is 6.42 Å². The molecule has 5 heterocycles. The van der Waals surface area contributed by atoms with E-state index in [1.54, 1.807) is 12.1 Å². The lowest BCUT2D eigenvalue weighted by molar-refractivity contribution is 0.226. The van der Waals surface area contributed by atoms with Crippen LogP contribution in [0.1, 0.15) is 48.5 Å². The van der Waals surface area contributed by atoms with Gasteiger partial charge in [0.05, 0.1) is 11.7 Å². The molecule has 2 bridgehead atoms. The van der Waals surface area contributed by atoms with Gasteiger partial charge in [-0.25, -0.2) is 9.37 Å². The molecule has 0 aliphatic carbocycles. The largest absolute Gasteiger partial charge is 0.363 e. The zero-order chi connectivity index (χ0) is 25.5. The van der Waals surface area contributed by atoms with Crippen LogP contribution in [0.15, 0.2) is 36.9 Å². The van der Waals surface area contributed by atoms with Crippen LogP contribution in [0.3, 0.4) is 0 Å². The van der Waals surface area contributed by atoms with Crippen molar-refractivity contribution in [2.45, 2.75) is 44.2 Å². The summed E-state index contributed by atoms with van der Waals surface area (Å²) < 4.78 is 16.4. The molecule has 3 N–H and O–H groups in total. The summed E-state index contributed by atoms with van der Waals surface area (Å²) in [7, 11) is 2.12. The lowest BCUT2D eigenvalue weighted by Crippen LogP contribution is -2.56. The molecule has 196 valence electrons. The highest BCUT2D eigenvalue weighted by Gasteiger charge is 2.31. The molecule has 1 atom stereocenters. The van der Waals surface area contributed by atoms with E-state index in [2.05, 4.69) is 45.8 Å². The number of benzene rings is 1. The van der Waals surface area contributed by atoms with Crippen molar-refractivity contribution >= 4 is 23.0 Å². The smallest absolute Gasteiger partial charge is 0.160 e. The number of likely N-dealkylation sites (N-methyl/N-ethyl adjacent to an activating group) is 1. The van der Waals surface area contributed by atoms with Crippen molar-refractivity contribution in [2.75, 3.05) is 56.1 Å². The molecule has 1 aromatic carbocycles. The summed E-state index contributed by atoms with van der Waals surface area (Å²) in [5, 5.41) is 8.69. The van der Waals surface area contributed by atoms with Crippen LogP contribution >= 0.6 is 0 Å². The zero-order valence-corrected chi connectivity index (χ0v) is 21.7. The number of fused-ring (bicyclic) bond motifs is 4. The first kappa shape index (κ1) is 24.2. The zero-order valence-electron chi connectivity index (χ0n) is 21.7. The van der Waals surface area contributed by atoms with Gasteiger partial charge in [-0.15, -0.1) is 0 Å². The SMILES string of the molecule is C=C1c2cc(F)ccc2CCCNCCN(C)c2cc(N3CC(N)C3)nc3cc(nn23)C2CCCCN12. The molecule has 6 rings (SSSR count). The van der Waals surface area contributed by atoms with Gasteiger partial charge < -0.3 is 25.8 Å². The van der Waals surface area contributed by atoms with E-state index in [4.69, 9.17) is 15.8 Å². The van der Waals surface area contributed by atoms with Gasteiger partial charge in [-0.2, -0.15) is 9.61 Å². The number of nitrogens with two attached hydrogens (primary N) is 1. The number of nitrogens with one attached hydrogen (secondary N) is 1. The molecule has 0 spiro atoms. The van der Waals surface area contributed by atoms with Gasteiger partial charge in [0, 0.05) is 69.2 Å². The Morgan fingerprint density at radius 1 is 1.08 bits per heavy atom. The lowest BCUT2D eigenvalue weighted by Gasteiger charge is -2.38. The third kappa shape index (κ3) is 4.66. The summed E-state index contributed by atoms with van der Waals surface area (Å²) in [6.07, 6.45) is 5.06. The van der Waals surface area contributed by atoms with Crippen LogP contribution in [-0.4, -0.2) is 71.9 Å². The number of aromatic nitrogens is 3. The number of nitrogens with zero attached hydrogens (tertiary/aromatic N) is 6. The molecule has 0 saturated carbocycles. The summed E-state index contributed by atoms with van der Waals surface area (Å²) in [6.45, 7) is 9.63. The Hall–Kier alpha value is -3.17.